The van der Waals surface area contributed by atoms with Crippen molar-refractivity contribution in [2.75, 3.05) is 24.1 Å². The first-order chi connectivity index (χ1) is 8.97. The number of carbonyl (C=O) groups excluding carboxylic acids is 1. The summed E-state index contributed by atoms with van der Waals surface area (Å²) in [7, 11) is 0. The predicted octanol–water partition coefficient (Wildman–Crippen LogP) is 3.15. The molecule has 0 aliphatic carbocycles. The summed E-state index contributed by atoms with van der Waals surface area (Å²) >= 11 is 0. The fourth-order valence-electron chi connectivity index (χ4n) is 2.38. The molecule has 4 heteroatoms. The Morgan fingerprint density at radius 3 is 2.53 bits per heavy atom. The zero-order chi connectivity index (χ0) is 14.0. The number of nitrogens with zero attached hydrogens (tertiary/aromatic N) is 1. The zero-order valence-electron chi connectivity index (χ0n) is 12.0. The minimum atomic E-state index is -0.000767. The standard InChI is InChI=1S/C15H23N3O/c1-10-4-6-18(7-5-10)15(19)17-14-9-11(2)13(16)8-12(14)3/h8-10H,4-7,16H2,1-3H3,(H,17,19). The Labute approximate surface area is 115 Å². The highest BCUT2D eigenvalue weighted by Crippen LogP contribution is 2.23. The summed E-state index contributed by atoms with van der Waals surface area (Å²) in [5, 5.41) is 2.99. The van der Waals surface area contributed by atoms with Crippen molar-refractivity contribution in [2.24, 2.45) is 5.92 Å². The number of anilines is 2. The number of rotatable bonds is 1. The van der Waals surface area contributed by atoms with Gasteiger partial charge in [0.25, 0.3) is 0 Å². The van der Waals surface area contributed by atoms with Crippen LogP contribution < -0.4 is 11.1 Å². The summed E-state index contributed by atoms with van der Waals surface area (Å²) in [5.41, 5.74) is 9.47. The van der Waals surface area contributed by atoms with E-state index in [0.717, 1.165) is 54.4 Å². The van der Waals surface area contributed by atoms with E-state index in [2.05, 4.69) is 12.2 Å². The third kappa shape index (κ3) is 3.19. The van der Waals surface area contributed by atoms with Crippen LogP contribution in [0.2, 0.25) is 0 Å². The number of aryl methyl sites for hydroxylation is 2. The summed E-state index contributed by atoms with van der Waals surface area (Å²) in [6, 6.07) is 3.84. The van der Waals surface area contributed by atoms with E-state index >= 15 is 0 Å². The van der Waals surface area contributed by atoms with Crippen LogP contribution in [-0.2, 0) is 0 Å². The second kappa shape index (κ2) is 5.51. The van der Waals surface area contributed by atoms with Crippen LogP contribution in [0.25, 0.3) is 0 Å². The van der Waals surface area contributed by atoms with Gasteiger partial charge in [-0.2, -0.15) is 0 Å². The van der Waals surface area contributed by atoms with E-state index < -0.39 is 0 Å². The van der Waals surface area contributed by atoms with Crippen molar-refractivity contribution in [1.82, 2.24) is 4.90 Å². The molecule has 104 valence electrons. The molecule has 0 atom stereocenters. The Morgan fingerprint density at radius 1 is 1.26 bits per heavy atom. The molecular weight excluding hydrogens is 238 g/mol. The molecular formula is C15H23N3O. The Kier molecular flexibility index (Phi) is 3.98. The quantitative estimate of drug-likeness (QED) is 0.763. The largest absolute Gasteiger partial charge is 0.399 e. The fourth-order valence-corrected chi connectivity index (χ4v) is 2.38. The number of hydrogen-bond acceptors (Lipinski definition) is 2. The third-order valence-electron chi connectivity index (χ3n) is 3.93. The van der Waals surface area contributed by atoms with Crippen LogP contribution in [0.5, 0.6) is 0 Å². The summed E-state index contributed by atoms with van der Waals surface area (Å²) in [6.45, 7) is 7.85. The molecule has 1 aromatic carbocycles. The average Bonchev–Trinajstić information content (AvgIpc) is 2.36. The van der Waals surface area contributed by atoms with Crippen molar-refractivity contribution in [3.63, 3.8) is 0 Å². The van der Waals surface area contributed by atoms with Crippen molar-refractivity contribution in [2.45, 2.75) is 33.6 Å². The van der Waals surface area contributed by atoms with Gasteiger partial charge < -0.3 is 16.0 Å². The van der Waals surface area contributed by atoms with Crippen LogP contribution in [0.4, 0.5) is 16.2 Å². The van der Waals surface area contributed by atoms with Gasteiger partial charge in [0.05, 0.1) is 0 Å². The normalized spacial score (nSPS) is 16.5. The highest BCUT2D eigenvalue weighted by Gasteiger charge is 2.20. The number of piperidine rings is 1. The minimum Gasteiger partial charge on any atom is -0.399 e. The van der Waals surface area contributed by atoms with Crippen molar-refractivity contribution >= 4 is 17.4 Å². The van der Waals surface area contributed by atoms with Gasteiger partial charge in [-0.15, -0.1) is 0 Å². The molecule has 2 amide bonds. The monoisotopic (exact) mass is 261 g/mol. The van der Waals surface area contributed by atoms with Crippen LogP contribution in [0.3, 0.4) is 0 Å². The second-order valence-corrected chi connectivity index (χ2v) is 5.62. The van der Waals surface area contributed by atoms with Crippen molar-refractivity contribution < 1.29 is 4.79 Å². The molecule has 1 aromatic rings. The highest BCUT2D eigenvalue weighted by molar-refractivity contribution is 5.90. The van der Waals surface area contributed by atoms with Crippen LogP contribution >= 0.6 is 0 Å². The lowest BCUT2D eigenvalue weighted by molar-refractivity contribution is 0.186. The first-order valence-corrected chi connectivity index (χ1v) is 6.90. The van der Waals surface area contributed by atoms with Crippen LogP contribution in [0, 0.1) is 19.8 Å². The lowest BCUT2D eigenvalue weighted by Crippen LogP contribution is -2.40. The topological polar surface area (TPSA) is 58.4 Å². The van der Waals surface area contributed by atoms with E-state index in [1.165, 1.54) is 0 Å². The number of likely N-dealkylation sites (tertiary alicyclic amines) is 1. The first-order valence-electron chi connectivity index (χ1n) is 6.90. The number of nitrogens with one attached hydrogen (secondary N) is 1. The van der Waals surface area contributed by atoms with Gasteiger partial charge in [-0.05, 0) is 55.9 Å². The number of carbonyl (C=O) groups is 1. The maximum atomic E-state index is 12.2. The molecule has 1 aliphatic rings. The van der Waals surface area contributed by atoms with Gasteiger partial charge in [-0.25, -0.2) is 4.79 Å². The van der Waals surface area contributed by atoms with Gasteiger partial charge in [-0.3, -0.25) is 0 Å². The van der Waals surface area contributed by atoms with Crippen LogP contribution in [0.15, 0.2) is 12.1 Å². The first kappa shape index (κ1) is 13.7. The fraction of sp³-hybridized carbons (Fsp3) is 0.533. The van der Waals surface area contributed by atoms with E-state index in [0.29, 0.717) is 0 Å². The molecule has 1 fully saturated rings. The predicted molar refractivity (Wildman–Crippen MR) is 79.3 cm³/mol. The van der Waals surface area contributed by atoms with Gasteiger partial charge in [-0.1, -0.05) is 6.92 Å². The lowest BCUT2D eigenvalue weighted by Gasteiger charge is -2.30. The van der Waals surface area contributed by atoms with Gasteiger partial charge in [0, 0.05) is 24.5 Å². The molecule has 0 radical (unpaired) electrons. The number of benzene rings is 1. The van der Waals surface area contributed by atoms with Crippen molar-refractivity contribution in [3.8, 4) is 0 Å². The molecule has 0 saturated carbocycles. The smallest absolute Gasteiger partial charge is 0.321 e. The molecule has 0 bridgehead atoms. The SMILES string of the molecule is Cc1cc(NC(=O)N2CCC(C)CC2)c(C)cc1N. The number of hydrogen-bond donors (Lipinski definition) is 2. The van der Waals surface area contributed by atoms with Gasteiger partial charge >= 0.3 is 6.03 Å². The zero-order valence-corrected chi connectivity index (χ0v) is 12.0. The Hall–Kier alpha value is -1.71. The molecule has 1 aliphatic heterocycles. The van der Waals surface area contributed by atoms with E-state index in [1.54, 1.807) is 0 Å². The van der Waals surface area contributed by atoms with Gasteiger partial charge in [0.1, 0.15) is 0 Å². The molecule has 19 heavy (non-hydrogen) atoms. The van der Waals surface area contributed by atoms with Crippen LogP contribution in [0.1, 0.15) is 30.9 Å². The second-order valence-electron chi connectivity index (χ2n) is 5.62. The molecule has 4 nitrogen and oxygen atoms in total. The molecule has 0 aromatic heterocycles. The van der Waals surface area contributed by atoms with E-state index in [-0.39, 0.29) is 6.03 Å². The summed E-state index contributed by atoms with van der Waals surface area (Å²) in [6.07, 6.45) is 2.18. The third-order valence-corrected chi connectivity index (χ3v) is 3.93. The molecule has 1 saturated heterocycles. The Morgan fingerprint density at radius 2 is 1.89 bits per heavy atom. The van der Waals surface area contributed by atoms with Crippen molar-refractivity contribution in [3.05, 3.63) is 23.3 Å². The summed E-state index contributed by atoms with van der Waals surface area (Å²) < 4.78 is 0. The molecule has 0 spiro atoms. The van der Waals surface area contributed by atoms with Crippen LogP contribution in [-0.4, -0.2) is 24.0 Å². The molecule has 2 rings (SSSR count). The number of nitrogens with two attached hydrogens (primary N) is 1. The summed E-state index contributed by atoms with van der Waals surface area (Å²) in [5.74, 6) is 0.726. The number of urea groups is 1. The molecule has 1 heterocycles. The Balaban J connectivity index is 2.05. The number of amides is 2. The minimum absolute atomic E-state index is 0.000767. The summed E-state index contributed by atoms with van der Waals surface area (Å²) in [4.78, 5) is 14.1. The van der Waals surface area contributed by atoms with Gasteiger partial charge in [0.2, 0.25) is 0 Å². The maximum Gasteiger partial charge on any atom is 0.321 e. The van der Waals surface area contributed by atoms with E-state index in [1.807, 2.05) is 30.9 Å². The Bertz CT molecular complexity index is 477. The lowest BCUT2D eigenvalue weighted by atomic mass is 10.00. The molecule has 3 N–H and O–H groups in total. The van der Waals surface area contributed by atoms with Crippen molar-refractivity contribution in [1.29, 1.82) is 0 Å². The van der Waals surface area contributed by atoms with E-state index in [4.69, 9.17) is 5.73 Å². The van der Waals surface area contributed by atoms with Gasteiger partial charge in [0.15, 0.2) is 0 Å². The molecule has 0 unspecified atom stereocenters. The maximum absolute atomic E-state index is 12.2. The van der Waals surface area contributed by atoms with E-state index in [9.17, 15) is 4.79 Å². The average molecular weight is 261 g/mol. The number of nitrogen functional groups attached to an aromatic ring is 1. The highest BCUT2D eigenvalue weighted by atomic mass is 16.2.